The molecule has 0 fully saturated rings. The molecule has 2 rings (SSSR count). The van der Waals surface area contributed by atoms with Crippen molar-refractivity contribution in [2.75, 3.05) is 4.72 Å². The maximum absolute atomic E-state index is 11.7. The van der Waals surface area contributed by atoms with Gasteiger partial charge in [0.15, 0.2) is 10.8 Å². The van der Waals surface area contributed by atoms with Gasteiger partial charge in [-0.25, -0.2) is 4.98 Å². The van der Waals surface area contributed by atoms with Crippen LogP contribution in [-0.4, -0.2) is 28.6 Å². The van der Waals surface area contributed by atoms with Crippen molar-refractivity contribution >= 4 is 27.4 Å². The van der Waals surface area contributed by atoms with Gasteiger partial charge in [0.1, 0.15) is 5.15 Å². The minimum Gasteiger partial charge on any atom is -0.266 e. The van der Waals surface area contributed by atoms with Gasteiger partial charge in [-0.3, -0.25) is 14.8 Å². The maximum atomic E-state index is 11.7. The van der Waals surface area contributed by atoms with Crippen LogP contribution in [0, 0.1) is 0 Å². The van der Waals surface area contributed by atoms with Gasteiger partial charge in [0.05, 0.1) is 18.6 Å². The van der Waals surface area contributed by atoms with Gasteiger partial charge in [-0.05, 0) is 6.07 Å². The van der Waals surface area contributed by atoms with Crippen LogP contribution in [-0.2, 0) is 10.0 Å². The first-order chi connectivity index (χ1) is 7.58. The molecule has 16 heavy (non-hydrogen) atoms. The second kappa shape index (κ2) is 4.06. The van der Waals surface area contributed by atoms with Gasteiger partial charge in [0.25, 0.3) is 10.0 Å². The molecule has 2 aromatic heterocycles. The van der Waals surface area contributed by atoms with Gasteiger partial charge in [-0.2, -0.15) is 13.5 Å². The van der Waals surface area contributed by atoms with E-state index in [2.05, 4.69) is 24.9 Å². The van der Waals surface area contributed by atoms with Crippen molar-refractivity contribution in [3.63, 3.8) is 0 Å². The van der Waals surface area contributed by atoms with Crippen molar-refractivity contribution in [1.82, 2.24) is 20.2 Å². The van der Waals surface area contributed by atoms with E-state index in [1.54, 1.807) is 0 Å². The molecule has 0 bridgehead atoms. The zero-order chi connectivity index (χ0) is 11.6. The number of nitrogens with zero attached hydrogens (tertiary/aromatic N) is 3. The highest BCUT2D eigenvalue weighted by Gasteiger charge is 2.16. The highest BCUT2D eigenvalue weighted by atomic mass is 35.5. The second-order valence-electron chi connectivity index (χ2n) is 2.75. The molecule has 7 nitrogen and oxygen atoms in total. The molecule has 0 aliphatic rings. The Balaban J connectivity index is 2.29. The Kier molecular flexibility index (Phi) is 2.75. The third-order valence-electron chi connectivity index (χ3n) is 1.61. The lowest BCUT2D eigenvalue weighted by Gasteiger charge is -2.04. The lowest BCUT2D eigenvalue weighted by molar-refractivity contribution is 0.597. The monoisotopic (exact) mass is 259 g/mol. The van der Waals surface area contributed by atoms with Crippen molar-refractivity contribution in [2.24, 2.45) is 0 Å². The molecule has 0 atom stereocenters. The molecule has 0 radical (unpaired) electrons. The number of aromatic nitrogens is 4. The highest BCUT2D eigenvalue weighted by molar-refractivity contribution is 7.92. The van der Waals surface area contributed by atoms with E-state index in [1.807, 2.05) is 0 Å². The third kappa shape index (κ3) is 2.28. The fourth-order valence-corrected chi connectivity index (χ4v) is 2.02. The number of rotatable bonds is 3. The molecule has 0 spiro atoms. The van der Waals surface area contributed by atoms with Crippen LogP contribution in [0.3, 0.4) is 0 Å². The van der Waals surface area contributed by atoms with Crippen LogP contribution in [0.1, 0.15) is 0 Å². The van der Waals surface area contributed by atoms with Gasteiger partial charge < -0.3 is 0 Å². The summed E-state index contributed by atoms with van der Waals surface area (Å²) in [5.74, 6) is 0.0436. The molecular formula is C7H6ClN5O2S. The summed E-state index contributed by atoms with van der Waals surface area (Å²) in [4.78, 5) is 7.45. The van der Waals surface area contributed by atoms with E-state index >= 15 is 0 Å². The maximum Gasteiger partial charge on any atom is 0.280 e. The van der Waals surface area contributed by atoms with Crippen molar-refractivity contribution in [3.05, 3.63) is 29.8 Å². The molecule has 0 aliphatic heterocycles. The van der Waals surface area contributed by atoms with Gasteiger partial charge in [-0.15, -0.1) is 0 Å². The van der Waals surface area contributed by atoms with Crippen molar-refractivity contribution < 1.29 is 8.42 Å². The molecule has 0 amide bonds. The largest absolute Gasteiger partial charge is 0.280 e. The number of nitrogens with one attached hydrogen (secondary N) is 2. The number of aromatic amines is 1. The van der Waals surface area contributed by atoms with E-state index in [4.69, 9.17) is 11.6 Å². The quantitative estimate of drug-likeness (QED) is 0.843. The molecule has 0 unspecified atom stereocenters. The zero-order valence-corrected chi connectivity index (χ0v) is 9.33. The summed E-state index contributed by atoms with van der Waals surface area (Å²) in [6.07, 6.45) is 3.88. The number of anilines is 1. The highest BCUT2D eigenvalue weighted by Crippen LogP contribution is 2.12. The van der Waals surface area contributed by atoms with Gasteiger partial charge in [0, 0.05) is 0 Å². The standard InChI is InChI=1S/C7H6ClN5O2S/c8-5-3-9-4-6(11-5)13-16(14,15)7-1-2-10-12-7/h1-4H,(H,10,12)(H,11,13). The molecule has 0 aromatic carbocycles. The van der Waals surface area contributed by atoms with Crippen LogP contribution >= 0.6 is 11.6 Å². The molecular weight excluding hydrogens is 254 g/mol. The van der Waals surface area contributed by atoms with E-state index in [0.29, 0.717) is 0 Å². The molecule has 0 saturated heterocycles. The van der Waals surface area contributed by atoms with Gasteiger partial charge >= 0.3 is 0 Å². The number of hydrogen-bond acceptors (Lipinski definition) is 5. The molecule has 0 saturated carbocycles. The summed E-state index contributed by atoms with van der Waals surface area (Å²) in [5.41, 5.74) is 0. The fraction of sp³-hybridized carbons (Fsp3) is 0. The van der Waals surface area contributed by atoms with Gasteiger partial charge in [-0.1, -0.05) is 11.6 Å². The van der Waals surface area contributed by atoms with Crippen LogP contribution in [0.4, 0.5) is 5.82 Å². The van der Waals surface area contributed by atoms with Crippen molar-refractivity contribution in [3.8, 4) is 0 Å². The summed E-state index contributed by atoms with van der Waals surface area (Å²) in [6.45, 7) is 0. The smallest absolute Gasteiger partial charge is 0.266 e. The number of H-pyrrole nitrogens is 1. The SMILES string of the molecule is O=S(=O)(Nc1cncc(Cl)n1)c1ccn[nH]1. The van der Waals surface area contributed by atoms with Gasteiger partial charge in [0.2, 0.25) is 0 Å². The Hall–Kier alpha value is -1.67. The first kappa shape index (κ1) is 10.8. The predicted molar refractivity (Wildman–Crippen MR) is 56.4 cm³/mol. The third-order valence-corrected chi connectivity index (χ3v) is 3.08. The molecule has 9 heteroatoms. The van der Waals surface area contributed by atoms with Crippen LogP contribution in [0.5, 0.6) is 0 Å². The summed E-state index contributed by atoms with van der Waals surface area (Å²) in [6, 6.07) is 1.32. The lowest BCUT2D eigenvalue weighted by atomic mass is 10.7. The fourth-order valence-electron chi connectivity index (χ4n) is 0.977. The first-order valence-electron chi connectivity index (χ1n) is 4.08. The average molecular weight is 260 g/mol. The summed E-state index contributed by atoms with van der Waals surface area (Å²) < 4.78 is 25.6. The van der Waals surface area contributed by atoms with Crippen LogP contribution in [0.2, 0.25) is 5.15 Å². The topological polar surface area (TPSA) is 101 Å². The van der Waals surface area contributed by atoms with E-state index in [1.165, 1.54) is 24.7 Å². The first-order valence-corrected chi connectivity index (χ1v) is 5.94. The van der Waals surface area contributed by atoms with Crippen LogP contribution in [0.15, 0.2) is 29.7 Å². The number of halogens is 1. The minimum absolute atomic E-state index is 0.0436. The summed E-state index contributed by atoms with van der Waals surface area (Å²) in [5, 5.41) is 5.91. The Morgan fingerprint density at radius 1 is 1.38 bits per heavy atom. The van der Waals surface area contributed by atoms with Crippen LogP contribution in [0.25, 0.3) is 0 Å². The van der Waals surface area contributed by atoms with E-state index in [0.717, 1.165) is 0 Å². The number of hydrogen-bond donors (Lipinski definition) is 2. The van der Waals surface area contributed by atoms with E-state index in [9.17, 15) is 8.42 Å². The van der Waals surface area contributed by atoms with Crippen molar-refractivity contribution in [2.45, 2.75) is 5.03 Å². The molecule has 2 aromatic rings. The second-order valence-corrected chi connectivity index (χ2v) is 4.79. The Labute approximate surface area is 95.9 Å². The summed E-state index contributed by atoms with van der Waals surface area (Å²) in [7, 11) is -3.72. The Morgan fingerprint density at radius 3 is 2.81 bits per heavy atom. The minimum atomic E-state index is -3.72. The zero-order valence-electron chi connectivity index (χ0n) is 7.75. The van der Waals surface area contributed by atoms with Crippen LogP contribution < -0.4 is 4.72 Å². The normalized spacial score (nSPS) is 11.3. The Bertz CT molecular complexity index is 583. The lowest BCUT2D eigenvalue weighted by Crippen LogP contribution is -2.14. The Morgan fingerprint density at radius 2 is 2.19 bits per heavy atom. The molecule has 2 N–H and O–H groups in total. The van der Waals surface area contributed by atoms with E-state index < -0.39 is 10.0 Å². The molecule has 84 valence electrons. The van der Waals surface area contributed by atoms with E-state index in [-0.39, 0.29) is 16.0 Å². The predicted octanol–water partition coefficient (Wildman–Crippen LogP) is 0.654. The molecule has 0 aliphatic carbocycles. The molecule has 2 heterocycles. The average Bonchev–Trinajstić information content (AvgIpc) is 2.69. The number of sulfonamides is 1. The van der Waals surface area contributed by atoms with Crippen molar-refractivity contribution in [1.29, 1.82) is 0 Å². The summed E-state index contributed by atoms with van der Waals surface area (Å²) >= 11 is 5.57.